The molecular weight excluding hydrogens is 254 g/mol. The van der Waals surface area contributed by atoms with Crippen molar-refractivity contribution in [3.8, 4) is 0 Å². The van der Waals surface area contributed by atoms with E-state index in [0.717, 1.165) is 37.3 Å². The number of amides is 1. The van der Waals surface area contributed by atoms with Crippen LogP contribution in [0.15, 0.2) is 18.2 Å². The van der Waals surface area contributed by atoms with Crippen LogP contribution >= 0.6 is 0 Å². The molecule has 0 aliphatic carbocycles. The van der Waals surface area contributed by atoms with Crippen molar-refractivity contribution >= 4 is 17.5 Å². The number of carbonyl (C=O) groups excluding carboxylic acids is 1. The Balaban J connectivity index is 1.64. The zero-order valence-corrected chi connectivity index (χ0v) is 11.7. The molecule has 3 rings (SSSR count). The number of piperidine rings is 1. The topological polar surface area (TPSA) is 62.5 Å². The van der Waals surface area contributed by atoms with Crippen LogP contribution in [0.25, 0.3) is 5.65 Å². The largest absolute Gasteiger partial charge is 0.344 e. The molecule has 1 saturated heterocycles. The van der Waals surface area contributed by atoms with Gasteiger partial charge in [0.2, 0.25) is 11.9 Å². The molecule has 0 atom stereocenters. The van der Waals surface area contributed by atoms with Crippen LogP contribution in [0.1, 0.15) is 25.0 Å². The Morgan fingerprint density at radius 2 is 2.10 bits per heavy atom. The zero-order chi connectivity index (χ0) is 13.9. The minimum absolute atomic E-state index is 0.125. The number of aromatic nitrogens is 3. The van der Waals surface area contributed by atoms with E-state index >= 15 is 0 Å². The van der Waals surface area contributed by atoms with Gasteiger partial charge in [-0.25, -0.2) is 4.52 Å². The highest BCUT2D eigenvalue weighted by molar-refractivity contribution is 5.80. The molecule has 1 amide bonds. The molecule has 20 heavy (non-hydrogen) atoms. The lowest BCUT2D eigenvalue weighted by atomic mass is 10.1. The summed E-state index contributed by atoms with van der Waals surface area (Å²) in [5.41, 5.74) is 1.81. The van der Waals surface area contributed by atoms with E-state index in [9.17, 15) is 4.79 Å². The molecule has 6 heteroatoms. The summed E-state index contributed by atoms with van der Waals surface area (Å²) in [6.07, 6.45) is 3.44. The van der Waals surface area contributed by atoms with E-state index in [2.05, 4.69) is 15.4 Å². The summed E-state index contributed by atoms with van der Waals surface area (Å²) in [5.74, 6) is 0.630. The van der Waals surface area contributed by atoms with Gasteiger partial charge >= 0.3 is 0 Å². The number of hydrogen-bond acceptors (Lipinski definition) is 4. The smallest absolute Gasteiger partial charge is 0.243 e. The predicted molar refractivity (Wildman–Crippen MR) is 76.6 cm³/mol. The van der Waals surface area contributed by atoms with Gasteiger partial charge in [-0.3, -0.25) is 4.79 Å². The first-order valence-electron chi connectivity index (χ1n) is 7.08. The van der Waals surface area contributed by atoms with Crippen LogP contribution in [-0.4, -0.2) is 45.0 Å². The van der Waals surface area contributed by atoms with E-state index in [-0.39, 0.29) is 12.5 Å². The van der Waals surface area contributed by atoms with Crippen molar-refractivity contribution in [2.45, 2.75) is 26.2 Å². The molecule has 0 radical (unpaired) electrons. The number of likely N-dealkylation sites (tertiary alicyclic amines) is 1. The summed E-state index contributed by atoms with van der Waals surface area (Å²) < 4.78 is 1.77. The average Bonchev–Trinajstić information content (AvgIpc) is 2.90. The highest BCUT2D eigenvalue weighted by Gasteiger charge is 2.16. The average molecular weight is 273 g/mol. The number of fused-ring (bicyclic) bond motifs is 1. The molecule has 3 heterocycles. The van der Waals surface area contributed by atoms with Gasteiger partial charge in [0.25, 0.3) is 0 Å². The van der Waals surface area contributed by atoms with Crippen molar-refractivity contribution in [1.82, 2.24) is 19.5 Å². The second-order valence-electron chi connectivity index (χ2n) is 5.17. The summed E-state index contributed by atoms with van der Waals surface area (Å²) in [7, 11) is 0. The second kappa shape index (κ2) is 5.48. The zero-order valence-electron chi connectivity index (χ0n) is 11.7. The van der Waals surface area contributed by atoms with Crippen molar-refractivity contribution in [2.75, 3.05) is 25.0 Å². The Morgan fingerprint density at radius 1 is 1.30 bits per heavy atom. The van der Waals surface area contributed by atoms with Crippen molar-refractivity contribution < 1.29 is 4.79 Å². The van der Waals surface area contributed by atoms with Gasteiger partial charge in [0.05, 0.1) is 6.54 Å². The van der Waals surface area contributed by atoms with E-state index in [1.165, 1.54) is 6.42 Å². The summed E-state index contributed by atoms with van der Waals surface area (Å²) in [4.78, 5) is 18.3. The first kappa shape index (κ1) is 12.9. The van der Waals surface area contributed by atoms with Crippen LogP contribution in [0.5, 0.6) is 0 Å². The summed E-state index contributed by atoms with van der Waals surface area (Å²) in [6, 6.07) is 5.82. The fourth-order valence-corrected chi connectivity index (χ4v) is 2.52. The van der Waals surface area contributed by atoms with Gasteiger partial charge in [0.1, 0.15) is 0 Å². The molecule has 0 unspecified atom stereocenters. The lowest BCUT2D eigenvalue weighted by molar-refractivity contribution is -0.130. The van der Waals surface area contributed by atoms with Crippen molar-refractivity contribution in [1.29, 1.82) is 0 Å². The maximum Gasteiger partial charge on any atom is 0.243 e. The van der Waals surface area contributed by atoms with Gasteiger partial charge < -0.3 is 10.2 Å². The monoisotopic (exact) mass is 273 g/mol. The molecule has 0 spiro atoms. The molecule has 0 aromatic carbocycles. The molecule has 0 bridgehead atoms. The maximum absolute atomic E-state index is 12.1. The Morgan fingerprint density at radius 3 is 2.85 bits per heavy atom. The minimum Gasteiger partial charge on any atom is -0.344 e. The van der Waals surface area contributed by atoms with Gasteiger partial charge in [-0.15, -0.1) is 5.10 Å². The third kappa shape index (κ3) is 2.59. The van der Waals surface area contributed by atoms with Crippen molar-refractivity contribution in [2.24, 2.45) is 0 Å². The summed E-state index contributed by atoms with van der Waals surface area (Å²) >= 11 is 0. The Hall–Kier alpha value is -2.11. The number of rotatable bonds is 3. The molecule has 2 aromatic heterocycles. The Bertz CT molecular complexity index is 615. The molecule has 0 saturated carbocycles. The van der Waals surface area contributed by atoms with E-state index < -0.39 is 0 Å². The number of nitrogens with one attached hydrogen (secondary N) is 1. The van der Waals surface area contributed by atoms with Crippen molar-refractivity contribution in [3.63, 3.8) is 0 Å². The Labute approximate surface area is 117 Å². The number of pyridine rings is 1. The number of hydrogen-bond donors (Lipinski definition) is 1. The highest BCUT2D eigenvalue weighted by Crippen LogP contribution is 2.10. The molecule has 1 aliphatic heterocycles. The third-order valence-electron chi connectivity index (χ3n) is 3.66. The normalized spacial score (nSPS) is 15.6. The van der Waals surface area contributed by atoms with Gasteiger partial charge in [-0.05, 0) is 38.3 Å². The first-order valence-corrected chi connectivity index (χ1v) is 7.08. The highest BCUT2D eigenvalue weighted by atomic mass is 16.2. The van der Waals surface area contributed by atoms with Gasteiger partial charge in [0, 0.05) is 18.8 Å². The minimum atomic E-state index is 0.125. The molecular formula is C14H19N5O. The summed E-state index contributed by atoms with van der Waals surface area (Å²) in [6.45, 7) is 3.98. The van der Waals surface area contributed by atoms with Crippen LogP contribution < -0.4 is 5.32 Å². The number of aryl methyl sites for hydroxylation is 1. The fraction of sp³-hybridized carbons (Fsp3) is 0.500. The predicted octanol–water partition coefficient (Wildman–Crippen LogP) is 1.46. The number of anilines is 1. The maximum atomic E-state index is 12.1. The lowest BCUT2D eigenvalue weighted by Gasteiger charge is -2.26. The van der Waals surface area contributed by atoms with E-state index in [0.29, 0.717) is 5.95 Å². The van der Waals surface area contributed by atoms with Crippen LogP contribution in [0.3, 0.4) is 0 Å². The van der Waals surface area contributed by atoms with Gasteiger partial charge in [-0.2, -0.15) is 4.98 Å². The molecule has 6 nitrogen and oxygen atoms in total. The molecule has 1 aliphatic rings. The SMILES string of the molecule is Cc1cccc2nc(NCC(=O)N3CCCCC3)nn12. The molecule has 1 N–H and O–H groups in total. The third-order valence-corrected chi connectivity index (χ3v) is 3.66. The van der Waals surface area contributed by atoms with Crippen LogP contribution in [0.2, 0.25) is 0 Å². The van der Waals surface area contributed by atoms with Gasteiger partial charge in [-0.1, -0.05) is 6.07 Å². The van der Waals surface area contributed by atoms with E-state index in [4.69, 9.17) is 0 Å². The molecule has 2 aromatic rings. The number of nitrogens with zero attached hydrogens (tertiary/aromatic N) is 4. The van der Waals surface area contributed by atoms with Crippen molar-refractivity contribution in [3.05, 3.63) is 23.9 Å². The quantitative estimate of drug-likeness (QED) is 0.919. The van der Waals surface area contributed by atoms with Crippen LogP contribution in [0, 0.1) is 6.92 Å². The lowest BCUT2D eigenvalue weighted by Crippen LogP contribution is -2.39. The molecule has 1 fully saturated rings. The second-order valence-corrected chi connectivity index (χ2v) is 5.17. The van der Waals surface area contributed by atoms with E-state index in [1.807, 2.05) is 30.0 Å². The van der Waals surface area contributed by atoms with Crippen LogP contribution in [-0.2, 0) is 4.79 Å². The number of carbonyl (C=O) groups is 1. The fourth-order valence-electron chi connectivity index (χ4n) is 2.52. The first-order chi connectivity index (χ1) is 9.74. The Kier molecular flexibility index (Phi) is 3.54. The van der Waals surface area contributed by atoms with Crippen LogP contribution in [0.4, 0.5) is 5.95 Å². The molecule has 106 valence electrons. The summed E-state index contributed by atoms with van der Waals surface area (Å²) in [5, 5.41) is 7.38. The van der Waals surface area contributed by atoms with Gasteiger partial charge in [0.15, 0.2) is 5.65 Å². The van der Waals surface area contributed by atoms with E-state index in [1.54, 1.807) is 4.52 Å². The standard InChI is InChI=1S/C14H19N5O/c1-11-6-5-7-12-16-14(17-19(11)12)15-10-13(20)18-8-3-2-4-9-18/h5-7H,2-4,8-10H2,1H3,(H,15,17).